The van der Waals surface area contributed by atoms with E-state index in [1.807, 2.05) is 12.1 Å². The fraction of sp³-hybridized carbons (Fsp3) is 0.500. The minimum Gasteiger partial charge on any atom is -0.508 e. The standard InChI is InChI=1S/C12H19O4P/c1-3-15-17(14,4-2)16-10-9-11-5-7-12(13)8-6-11/h5-8,13H,3-4,9-10H2,1-2H3. The van der Waals surface area contributed by atoms with Gasteiger partial charge in [-0.3, -0.25) is 4.57 Å². The Balaban J connectivity index is 2.41. The minimum absolute atomic E-state index is 0.239. The molecule has 0 aliphatic carbocycles. The molecule has 0 aliphatic heterocycles. The Hall–Kier alpha value is -0.830. The van der Waals surface area contributed by atoms with E-state index < -0.39 is 7.60 Å². The first-order valence-electron chi connectivity index (χ1n) is 5.75. The zero-order valence-electron chi connectivity index (χ0n) is 10.3. The topological polar surface area (TPSA) is 55.8 Å². The summed E-state index contributed by atoms with van der Waals surface area (Å²) in [5, 5.41) is 9.12. The van der Waals surface area contributed by atoms with Crippen molar-refractivity contribution in [3.63, 3.8) is 0 Å². The predicted octanol–water partition coefficient (Wildman–Crippen LogP) is 3.20. The molecule has 1 rings (SSSR count). The molecule has 0 aromatic heterocycles. The highest BCUT2D eigenvalue weighted by Gasteiger charge is 2.20. The molecule has 0 fully saturated rings. The summed E-state index contributed by atoms with van der Waals surface area (Å²) >= 11 is 0. The van der Waals surface area contributed by atoms with Crippen LogP contribution in [0, 0.1) is 0 Å². The third-order valence-corrected chi connectivity index (χ3v) is 4.33. The number of rotatable bonds is 7. The second-order valence-electron chi connectivity index (χ2n) is 3.59. The molecular weight excluding hydrogens is 239 g/mol. The number of hydrogen-bond acceptors (Lipinski definition) is 4. The van der Waals surface area contributed by atoms with Gasteiger partial charge in [-0.15, -0.1) is 0 Å². The molecule has 1 atom stereocenters. The van der Waals surface area contributed by atoms with Crippen LogP contribution >= 0.6 is 7.60 Å². The highest BCUT2D eigenvalue weighted by atomic mass is 31.2. The van der Waals surface area contributed by atoms with Crippen LogP contribution in [0.15, 0.2) is 24.3 Å². The van der Waals surface area contributed by atoms with Gasteiger partial charge in [-0.1, -0.05) is 19.1 Å². The molecule has 1 unspecified atom stereocenters. The van der Waals surface area contributed by atoms with E-state index in [9.17, 15) is 4.57 Å². The molecule has 0 amide bonds. The van der Waals surface area contributed by atoms with E-state index in [4.69, 9.17) is 14.2 Å². The third kappa shape index (κ3) is 4.90. The second-order valence-corrected chi connectivity index (χ2v) is 5.97. The van der Waals surface area contributed by atoms with Gasteiger partial charge in [-0.2, -0.15) is 0 Å². The van der Waals surface area contributed by atoms with Crippen LogP contribution in [0.3, 0.4) is 0 Å². The number of benzene rings is 1. The van der Waals surface area contributed by atoms with Crippen LogP contribution in [-0.2, 0) is 20.0 Å². The lowest BCUT2D eigenvalue weighted by Crippen LogP contribution is -2.02. The first-order chi connectivity index (χ1) is 8.09. The Kier molecular flexibility index (Phi) is 5.69. The molecular formula is C12H19O4P. The Morgan fingerprint density at radius 1 is 1.18 bits per heavy atom. The van der Waals surface area contributed by atoms with Crippen LogP contribution < -0.4 is 0 Å². The highest BCUT2D eigenvalue weighted by Crippen LogP contribution is 2.47. The third-order valence-electron chi connectivity index (χ3n) is 2.33. The van der Waals surface area contributed by atoms with Gasteiger partial charge in [0.2, 0.25) is 0 Å². The zero-order chi connectivity index (χ0) is 12.7. The molecule has 0 radical (unpaired) electrons. The molecule has 17 heavy (non-hydrogen) atoms. The number of hydrogen-bond donors (Lipinski definition) is 1. The normalized spacial score (nSPS) is 14.5. The summed E-state index contributed by atoms with van der Waals surface area (Å²) in [5.74, 6) is 0.239. The zero-order valence-corrected chi connectivity index (χ0v) is 11.2. The van der Waals surface area contributed by atoms with Crippen molar-refractivity contribution in [1.29, 1.82) is 0 Å². The quantitative estimate of drug-likeness (QED) is 0.763. The Labute approximate surface area is 102 Å². The van der Waals surface area contributed by atoms with Crippen molar-refractivity contribution < 1.29 is 18.7 Å². The average Bonchev–Trinajstić information content (AvgIpc) is 2.32. The van der Waals surface area contributed by atoms with Crippen molar-refractivity contribution >= 4 is 7.60 Å². The summed E-state index contributed by atoms with van der Waals surface area (Å²) in [4.78, 5) is 0. The maximum Gasteiger partial charge on any atom is 0.330 e. The van der Waals surface area contributed by atoms with Crippen LogP contribution in [-0.4, -0.2) is 24.5 Å². The number of phenols is 1. The van der Waals surface area contributed by atoms with Crippen LogP contribution in [0.4, 0.5) is 0 Å². The van der Waals surface area contributed by atoms with E-state index in [-0.39, 0.29) is 5.75 Å². The van der Waals surface area contributed by atoms with Gasteiger partial charge < -0.3 is 14.2 Å². The summed E-state index contributed by atoms with van der Waals surface area (Å²) in [5.41, 5.74) is 1.03. The Morgan fingerprint density at radius 3 is 2.35 bits per heavy atom. The van der Waals surface area contributed by atoms with Crippen molar-refractivity contribution in [3.05, 3.63) is 29.8 Å². The van der Waals surface area contributed by atoms with Gasteiger partial charge in [-0.05, 0) is 31.0 Å². The van der Waals surface area contributed by atoms with E-state index in [2.05, 4.69) is 0 Å². The van der Waals surface area contributed by atoms with E-state index in [0.717, 1.165) is 5.56 Å². The fourth-order valence-corrected chi connectivity index (χ4v) is 2.58. The molecule has 96 valence electrons. The summed E-state index contributed by atoms with van der Waals surface area (Å²) in [7, 11) is -2.90. The smallest absolute Gasteiger partial charge is 0.330 e. The lowest BCUT2D eigenvalue weighted by Gasteiger charge is -2.15. The maximum atomic E-state index is 11.9. The van der Waals surface area contributed by atoms with Crippen molar-refractivity contribution in [2.75, 3.05) is 19.4 Å². The van der Waals surface area contributed by atoms with Gasteiger partial charge >= 0.3 is 7.60 Å². The first-order valence-corrected chi connectivity index (χ1v) is 7.48. The highest BCUT2D eigenvalue weighted by molar-refractivity contribution is 7.53. The molecule has 0 bridgehead atoms. The van der Waals surface area contributed by atoms with E-state index in [0.29, 0.717) is 25.8 Å². The fourth-order valence-electron chi connectivity index (χ4n) is 1.38. The minimum atomic E-state index is -2.90. The van der Waals surface area contributed by atoms with Gasteiger partial charge in [0, 0.05) is 6.16 Å². The van der Waals surface area contributed by atoms with E-state index in [1.54, 1.807) is 26.0 Å². The molecule has 1 N–H and O–H groups in total. The van der Waals surface area contributed by atoms with Crippen LogP contribution in [0.25, 0.3) is 0 Å². The Bertz CT molecular complexity index is 375. The number of aromatic hydroxyl groups is 1. The van der Waals surface area contributed by atoms with Crippen molar-refractivity contribution in [1.82, 2.24) is 0 Å². The SMILES string of the molecule is CCOP(=O)(CC)OCCc1ccc(O)cc1. The van der Waals surface area contributed by atoms with E-state index in [1.165, 1.54) is 0 Å². The van der Waals surface area contributed by atoms with Crippen molar-refractivity contribution in [2.24, 2.45) is 0 Å². The predicted molar refractivity (Wildman–Crippen MR) is 67.5 cm³/mol. The van der Waals surface area contributed by atoms with Gasteiger partial charge in [-0.25, -0.2) is 0 Å². The molecule has 0 aliphatic rings. The Morgan fingerprint density at radius 2 is 1.82 bits per heavy atom. The summed E-state index contributed by atoms with van der Waals surface area (Å²) < 4.78 is 22.4. The largest absolute Gasteiger partial charge is 0.508 e. The summed E-state index contributed by atoms with van der Waals surface area (Å²) in [6, 6.07) is 6.88. The van der Waals surface area contributed by atoms with Gasteiger partial charge in [0.25, 0.3) is 0 Å². The van der Waals surface area contributed by atoms with Crippen LogP contribution in [0.2, 0.25) is 0 Å². The molecule has 0 heterocycles. The summed E-state index contributed by atoms with van der Waals surface area (Å²) in [6.07, 6.45) is 1.04. The molecule has 0 saturated carbocycles. The molecule has 0 spiro atoms. The van der Waals surface area contributed by atoms with Gasteiger partial charge in [0.15, 0.2) is 0 Å². The van der Waals surface area contributed by atoms with Crippen LogP contribution in [0.5, 0.6) is 5.75 Å². The molecule has 0 saturated heterocycles. The van der Waals surface area contributed by atoms with E-state index >= 15 is 0 Å². The molecule has 1 aromatic rings. The van der Waals surface area contributed by atoms with Crippen molar-refractivity contribution in [3.8, 4) is 5.75 Å². The summed E-state index contributed by atoms with van der Waals surface area (Å²) in [6.45, 7) is 4.34. The monoisotopic (exact) mass is 258 g/mol. The average molecular weight is 258 g/mol. The number of phenolic OH excluding ortho intramolecular Hbond substituents is 1. The maximum absolute atomic E-state index is 11.9. The van der Waals surface area contributed by atoms with Crippen LogP contribution in [0.1, 0.15) is 19.4 Å². The molecule has 4 nitrogen and oxygen atoms in total. The molecule has 1 aromatic carbocycles. The second kappa shape index (κ2) is 6.80. The van der Waals surface area contributed by atoms with Gasteiger partial charge in [0.05, 0.1) is 13.2 Å². The van der Waals surface area contributed by atoms with Crippen molar-refractivity contribution in [2.45, 2.75) is 20.3 Å². The van der Waals surface area contributed by atoms with Gasteiger partial charge in [0.1, 0.15) is 5.75 Å². The first kappa shape index (κ1) is 14.2. The lowest BCUT2D eigenvalue weighted by atomic mass is 10.2. The molecule has 5 heteroatoms. The lowest BCUT2D eigenvalue weighted by molar-refractivity contribution is 0.214.